The van der Waals surface area contributed by atoms with Crippen LogP contribution >= 0.6 is 11.6 Å². The molecule has 1 saturated carbocycles. The first-order valence-electron chi connectivity index (χ1n) is 3.45. The smallest absolute Gasteiger partial charge is 0.0336 e. The Labute approximate surface area is 56.2 Å². The molecule has 8 heavy (non-hydrogen) atoms. The van der Waals surface area contributed by atoms with Gasteiger partial charge in [-0.05, 0) is 25.7 Å². The molecule has 1 aliphatic carbocycles. The molecule has 0 unspecified atom stereocenters. The van der Waals surface area contributed by atoms with Crippen LogP contribution in [-0.4, -0.2) is 5.38 Å². The van der Waals surface area contributed by atoms with Gasteiger partial charge < -0.3 is 0 Å². The van der Waals surface area contributed by atoms with Crippen LogP contribution in [0.4, 0.5) is 0 Å². The lowest BCUT2D eigenvalue weighted by Crippen LogP contribution is -2.05. The Balaban J connectivity index is 2.24. The fourth-order valence-electron chi connectivity index (χ4n) is 1.42. The van der Waals surface area contributed by atoms with Crippen molar-refractivity contribution in [2.75, 3.05) is 0 Å². The molecule has 0 aromatic rings. The zero-order chi connectivity index (χ0) is 5.98. The summed E-state index contributed by atoms with van der Waals surface area (Å²) in [6.07, 6.45) is 5.54. The van der Waals surface area contributed by atoms with Crippen molar-refractivity contribution in [3.63, 3.8) is 0 Å². The van der Waals surface area contributed by atoms with Crippen molar-refractivity contribution in [3.8, 4) is 0 Å². The molecule has 48 valence electrons. The van der Waals surface area contributed by atoms with E-state index in [4.69, 9.17) is 11.6 Å². The largest absolute Gasteiger partial charge is 0.123 e. The van der Waals surface area contributed by atoms with Gasteiger partial charge in [-0.3, -0.25) is 0 Å². The molecule has 1 heteroatoms. The summed E-state index contributed by atoms with van der Waals surface area (Å²) in [4.78, 5) is 0. The third-order valence-corrected chi connectivity index (χ3v) is 2.41. The minimum atomic E-state index is 0.414. The molecule has 0 nitrogen and oxygen atoms in total. The molecule has 0 bridgehead atoms. The molecular formula is C7H13Cl. The maximum absolute atomic E-state index is 5.88. The Bertz CT molecular complexity index is 62.8. The molecule has 0 N–H and O–H groups in total. The summed E-state index contributed by atoms with van der Waals surface area (Å²) in [5.74, 6) is 0.830. The van der Waals surface area contributed by atoms with Gasteiger partial charge in [-0.1, -0.05) is 12.8 Å². The van der Waals surface area contributed by atoms with E-state index < -0.39 is 0 Å². The average molecular weight is 133 g/mol. The van der Waals surface area contributed by atoms with Crippen molar-refractivity contribution in [1.29, 1.82) is 0 Å². The summed E-state index contributed by atoms with van der Waals surface area (Å²) in [7, 11) is 0. The molecule has 1 rings (SSSR count). The maximum atomic E-state index is 5.88. The number of rotatable bonds is 1. The van der Waals surface area contributed by atoms with Gasteiger partial charge in [-0.25, -0.2) is 0 Å². The van der Waals surface area contributed by atoms with Crippen LogP contribution in [0.1, 0.15) is 32.6 Å². The van der Waals surface area contributed by atoms with Crippen molar-refractivity contribution in [2.24, 2.45) is 5.92 Å². The molecule has 1 fully saturated rings. The predicted octanol–water partition coefficient (Wildman–Crippen LogP) is 2.80. The highest BCUT2D eigenvalue weighted by molar-refractivity contribution is 6.20. The topological polar surface area (TPSA) is 0 Å². The van der Waals surface area contributed by atoms with Gasteiger partial charge in [0.2, 0.25) is 0 Å². The number of halogens is 1. The Morgan fingerprint density at radius 2 is 1.88 bits per heavy atom. The SMILES string of the molecule is C[C@@H](Cl)C1CCCC1. The Morgan fingerprint density at radius 1 is 1.38 bits per heavy atom. The number of alkyl halides is 1. The van der Waals surface area contributed by atoms with E-state index in [0.717, 1.165) is 5.92 Å². The van der Waals surface area contributed by atoms with Crippen LogP contribution in [0.2, 0.25) is 0 Å². The fourth-order valence-corrected chi connectivity index (χ4v) is 1.67. The molecular weight excluding hydrogens is 120 g/mol. The van der Waals surface area contributed by atoms with Crippen LogP contribution in [-0.2, 0) is 0 Å². The van der Waals surface area contributed by atoms with Gasteiger partial charge >= 0.3 is 0 Å². The normalized spacial score (nSPS) is 26.2. The van der Waals surface area contributed by atoms with E-state index in [9.17, 15) is 0 Å². The lowest BCUT2D eigenvalue weighted by molar-refractivity contribution is 0.538. The van der Waals surface area contributed by atoms with Crippen LogP contribution in [0.25, 0.3) is 0 Å². The molecule has 0 aromatic heterocycles. The van der Waals surface area contributed by atoms with Gasteiger partial charge in [0, 0.05) is 5.38 Å². The highest BCUT2D eigenvalue weighted by Gasteiger charge is 2.18. The lowest BCUT2D eigenvalue weighted by atomic mass is 10.1. The highest BCUT2D eigenvalue weighted by Crippen LogP contribution is 2.29. The Morgan fingerprint density at radius 3 is 2.12 bits per heavy atom. The molecule has 0 radical (unpaired) electrons. The molecule has 0 heterocycles. The van der Waals surface area contributed by atoms with Gasteiger partial charge in [-0.2, -0.15) is 0 Å². The van der Waals surface area contributed by atoms with Gasteiger partial charge in [0.15, 0.2) is 0 Å². The van der Waals surface area contributed by atoms with Gasteiger partial charge in [0.05, 0.1) is 0 Å². The van der Waals surface area contributed by atoms with E-state index >= 15 is 0 Å². The van der Waals surface area contributed by atoms with Crippen LogP contribution in [0.15, 0.2) is 0 Å². The summed E-state index contributed by atoms with van der Waals surface area (Å²) < 4.78 is 0. The van der Waals surface area contributed by atoms with Gasteiger partial charge in [0.25, 0.3) is 0 Å². The second kappa shape index (κ2) is 2.72. The first-order valence-corrected chi connectivity index (χ1v) is 3.88. The van der Waals surface area contributed by atoms with Crippen molar-refractivity contribution in [1.82, 2.24) is 0 Å². The number of hydrogen-bond acceptors (Lipinski definition) is 0. The standard InChI is InChI=1S/C7H13Cl/c1-6(8)7-4-2-3-5-7/h6-7H,2-5H2,1H3/t6-/m1/s1. The van der Waals surface area contributed by atoms with Crippen LogP contribution in [0.3, 0.4) is 0 Å². The third kappa shape index (κ3) is 1.38. The van der Waals surface area contributed by atoms with E-state index in [2.05, 4.69) is 6.92 Å². The second-order valence-electron chi connectivity index (χ2n) is 2.72. The summed E-state index contributed by atoms with van der Waals surface area (Å²) in [6, 6.07) is 0. The molecule has 1 aliphatic rings. The molecule has 0 saturated heterocycles. The van der Waals surface area contributed by atoms with E-state index in [1.54, 1.807) is 0 Å². The van der Waals surface area contributed by atoms with E-state index in [1.807, 2.05) is 0 Å². The summed E-state index contributed by atoms with van der Waals surface area (Å²) in [6.45, 7) is 2.11. The molecule has 0 aromatic carbocycles. The third-order valence-electron chi connectivity index (χ3n) is 2.05. The average Bonchev–Trinajstić information content (AvgIpc) is 2.12. The highest BCUT2D eigenvalue weighted by atomic mass is 35.5. The van der Waals surface area contributed by atoms with Crippen molar-refractivity contribution in [3.05, 3.63) is 0 Å². The minimum absolute atomic E-state index is 0.414. The zero-order valence-corrected chi connectivity index (χ0v) is 6.12. The van der Waals surface area contributed by atoms with Gasteiger partial charge in [-0.15, -0.1) is 11.6 Å². The summed E-state index contributed by atoms with van der Waals surface area (Å²) >= 11 is 5.88. The quantitative estimate of drug-likeness (QED) is 0.482. The van der Waals surface area contributed by atoms with E-state index in [-0.39, 0.29) is 0 Å². The van der Waals surface area contributed by atoms with Gasteiger partial charge in [0.1, 0.15) is 0 Å². The molecule has 0 amide bonds. The molecule has 1 atom stereocenters. The van der Waals surface area contributed by atoms with Crippen molar-refractivity contribution < 1.29 is 0 Å². The van der Waals surface area contributed by atoms with Crippen LogP contribution in [0, 0.1) is 5.92 Å². The molecule has 0 spiro atoms. The van der Waals surface area contributed by atoms with Crippen LogP contribution < -0.4 is 0 Å². The first kappa shape index (κ1) is 6.41. The summed E-state index contributed by atoms with van der Waals surface area (Å²) in [5.41, 5.74) is 0. The second-order valence-corrected chi connectivity index (χ2v) is 3.41. The zero-order valence-electron chi connectivity index (χ0n) is 5.36. The van der Waals surface area contributed by atoms with Crippen molar-refractivity contribution >= 4 is 11.6 Å². The minimum Gasteiger partial charge on any atom is -0.123 e. The van der Waals surface area contributed by atoms with E-state index in [1.165, 1.54) is 25.7 Å². The Hall–Kier alpha value is 0.290. The molecule has 0 aliphatic heterocycles. The first-order chi connectivity index (χ1) is 3.80. The summed E-state index contributed by atoms with van der Waals surface area (Å²) in [5, 5.41) is 0.414. The van der Waals surface area contributed by atoms with Crippen molar-refractivity contribution in [2.45, 2.75) is 38.0 Å². The maximum Gasteiger partial charge on any atom is 0.0336 e. The predicted molar refractivity (Wildman–Crippen MR) is 37.3 cm³/mol. The monoisotopic (exact) mass is 132 g/mol. The van der Waals surface area contributed by atoms with Crippen LogP contribution in [0.5, 0.6) is 0 Å². The van der Waals surface area contributed by atoms with E-state index in [0.29, 0.717) is 5.38 Å². The lowest BCUT2D eigenvalue weighted by Gasteiger charge is -2.09. The Kier molecular flexibility index (Phi) is 2.18. The number of hydrogen-bond donors (Lipinski definition) is 0. The fraction of sp³-hybridized carbons (Fsp3) is 1.00.